The van der Waals surface area contributed by atoms with E-state index in [2.05, 4.69) is 26.2 Å². The first-order valence-electron chi connectivity index (χ1n) is 5.95. The maximum Gasteiger partial charge on any atom is 0.187 e. The van der Waals surface area contributed by atoms with E-state index < -0.39 is 0 Å². The summed E-state index contributed by atoms with van der Waals surface area (Å²) >= 11 is 11.0. The van der Waals surface area contributed by atoms with Crippen molar-refractivity contribution >= 4 is 49.7 Å². The molecule has 0 atom stereocenters. The highest BCUT2D eigenvalue weighted by Gasteiger charge is 2.05. The van der Waals surface area contributed by atoms with E-state index in [1.54, 1.807) is 11.3 Å². The number of thiazole rings is 1. The van der Waals surface area contributed by atoms with E-state index in [1.165, 1.54) is 0 Å². The van der Waals surface area contributed by atoms with Crippen molar-refractivity contribution in [2.24, 2.45) is 0 Å². The molecule has 0 aliphatic heterocycles. The van der Waals surface area contributed by atoms with Crippen molar-refractivity contribution in [1.29, 1.82) is 0 Å². The minimum atomic E-state index is 0.720. The Kier molecular flexibility index (Phi) is 4.05. The Balaban J connectivity index is 1.82. The topological polar surface area (TPSA) is 24.9 Å². The number of rotatable bonds is 3. The largest absolute Gasteiger partial charge is 0.332 e. The summed E-state index contributed by atoms with van der Waals surface area (Å²) in [5, 5.41) is 6.89. The maximum atomic E-state index is 6.00. The number of anilines is 2. The van der Waals surface area contributed by atoms with Gasteiger partial charge in [-0.15, -0.1) is 11.3 Å². The van der Waals surface area contributed by atoms with Crippen LogP contribution >= 0.6 is 38.9 Å². The number of aromatic nitrogens is 1. The molecular weight excluding hydrogens is 356 g/mol. The van der Waals surface area contributed by atoms with Crippen LogP contribution in [0.3, 0.4) is 0 Å². The fraction of sp³-hybridized carbons (Fsp3) is 0. The van der Waals surface area contributed by atoms with Gasteiger partial charge in [-0.3, -0.25) is 0 Å². The number of benzene rings is 2. The number of nitrogens with one attached hydrogen (secondary N) is 1. The highest BCUT2D eigenvalue weighted by Crippen LogP contribution is 2.28. The third kappa shape index (κ3) is 3.20. The van der Waals surface area contributed by atoms with Crippen LogP contribution in [0.15, 0.2) is 58.4 Å². The summed E-state index contributed by atoms with van der Waals surface area (Å²) in [5.74, 6) is 0. The van der Waals surface area contributed by atoms with Crippen LogP contribution < -0.4 is 5.32 Å². The van der Waals surface area contributed by atoms with E-state index in [4.69, 9.17) is 11.6 Å². The summed E-state index contributed by atoms with van der Waals surface area (Å²) in [6.07, 6.45) is 0. The van der Waals surface area contributed by atoms with Crippen LogP contribution in [0.1, 0.15) is 0 Å². The van der Waals surface area contributed by atoms with Crippen molar-refractivity contribution in [2.45, 2.75) is 0 Å². The van der Waals surface area contributed by atoms with Crippen molar-refractivity contribution in [3.8, 4) is 11.3 Å². The van der Waals surface area contributed by atoms with E-state index in [0.29, 0.717) is 0 Å². The summed E-state index contributed by atoms with van der Waals surface area (Å²) in [4.78, 5) is 4.58. The Hall–Kier alpha value is -1.36. The van der Waals surface area contributed by atoms with Crippen molar-refractivity contribution < 1.29 is 0 Å². The average Bonchev–Trinajstić information content (AvgIpc) is 2.90. The molecule has 0 spiro atoms. The number of halogens is 2. The molecule has 0 radical (unpaired) electrons. The van der Waals surface area contributed by atoms with Crippen molar-refractivity contribution in [2.75, 3.05) is 5.32 Å². The minimum absolute atomic E-state index is 0.720. The first kappa shape index (κ1) is 13.6. The molecule has 0 bridgehead atoms. The smallest absolute Gasteiger partial charge is 0.187 e. The summed E-state index contributed by atoms with van der Waals surface area (Å²) < 4.78 is 1.06. The third-order valence-corrected chi connectivity index (χ3v) is 4.24. The third-order valence-electron chi connectivity index (χ3n) is 2.72. The van der Waals surface area contributed by atoms with Gasteiger partial charge in [-0.2, -0.15) is 0 Å². The zero-order valence-electron chi connectivity index (χ0n) is 10.3. The maximum absolute atomic E-state index is 6.00. The Morgan fingerprint density at radius 3 is 2.65 bits per heavy atom. The van der Waals surface area contributed by atoms with Crippen molar-refractivity contribution in [3.63, 3.8) is 0 Å². The van der Waals surface area contributed by atoms with Gasteiger partial charge in [0.05, 0.1) is 5.69 Å². The zero-order chi connectivity index (χ0) is 13.9. The number of hydrogen-bond donors (Lipinski definition) is 1. The second kappa shape index (κ2) is 5.95. The molecule has 2 nitrogen and oxygen atoms in total. The normalized spacial score (nSPS) is 10.5. The second-order valence-corrected chi connectivity index (χ2v) is 6.39. The van der Waals surface area contributed by atoms with Gasteiger partial charge in [0.15, 0.2) is 5.13 Å². The van der Waals surface area contributed by atoms with E-state index in [0.717, 1.165) is 31.6 Å². The predicted molar refractivity (Wildman–Crippen MR) is 90.0 cm³/mol. The molecule has 1 aromatic heterocycles. The average molecular weight is 366 g/mol. The lowest BCUT2D eigenvalue weighted by molar-refractivity contribution is 1.38. The zero-order valence-corrected chi connectivity index (χ0v) is 13.5. The molecule has 1 N–H and O–H groups in total. The molecule has 20 heavy (non-hydrogen) atoms. The Bertz CT molecular complexity index is 725. The van der Waals surface area contributed by atoms with Crippen LogP contribution in [0.25, 0.3) is 11.3 Å². The summed E-state index contributed by atoms with van der Waals surface area (Å²) in [5.41, 5.74) is 2.97. The monoisotopic (exact) mass is 364 g/mol. The molecule has 0 aliphatic rings. The number of nitrogens with zero attached hydrogens (tertiary/aromatic N) is 1. The summed E-state index contributed by atoms with van der Waals surface area (Å²) in [6, 6.07) is 15.7. The van der Waals surface area contributed by atoms with Gasteiger partial charge in [-0.05, 0) is 36.4 Å². The Morgan fingerprint density at radius 1 is 1.10 bits per heavy atom. The van der Waals surface area contributed by atoms with E-state index >= 15 is 0 Å². The Labute approximate surface area is 134 Å². The van der Waals surface area contributed by atoms with Gasteiger partial charge in [-0.1, -0.05) is 39.7 Å². The molecule has 3 rings (SSSR count). The van der Waals surface area contributed by atoms with Crippen LogP contribution in [-0.4, -0.2) is 4.98 Å². The lowest BCUT2D eigenvalue weighted by Gasteiger charge is -2.02. The quantitative estimate of drug-likeness (QED) is 0.618. The van der Waals surface area contributed by atoms with Gasteiger partial charge in [0.1, 0.15) is 0 Å². The summed E-state index contributed by atoms with van der Waals surface area (Å²) in [7, 11) is 0. The van der Waals surface area contributed by atoms with Gasteiger partial charge in [0, 0.05) is 26.1 Å². The van der Waals surface area contributed by atoms with Gasteiger partial charge in [0.2, 0.25) is 0 Å². The molecular formula is C15H10BrClN2S. The molecule has 1 heterocycles. The highest BCUT2D eigenvalue weighted by molar-refractivity contribution is 9.10. The van der Waals surface area contributed by atoms with Crippen LogP contribution in [0.4, 0.5) is 10.8 Å². The standard InChI is InChI=1S/C15H10BrClN2S/c16-11-4-6-13(7-5-11)18-15-19-14(9-20-15)10-2-1-3-12(17)8-10/h1-9H,(H,18,19). The molecule has 100 valence electrons. The molecule has 0 aliphatic carbocycles. The second-order valence-electron chi connectivity index (χ2n) is 4.18. The van der Waals surface area contributed by atoms with Crippen LogP contribution in [0.5, 0.6) is 0 Å². The first-order valence-corrected chi connectivity index (χ1v) is 8.00. The van der Waals surface area contributed by atoms with Gasteiger partial charge >= 0.3 is 0 Å². The van der Waals surface area contributed by atoms with E-state index in [1.807, 2.05) is 53.9 Å². The van der Waals surface area contributed by atoms with E-state index in [-0.39, 0.29) is 0 Å². The Morgan fingerprint density at radius 2 is 1.90 bits per heavy atom. The molecule has 0 amide bonds. The molecule has 2 aromatic carbocycles. The van der Waals surface area contributed by atoms with Crippen LogP contribution in [0.2, 0.25) is 5.02 Å². The van der Waals surface area contributed by atoms with E-state index in [9.17, 15) is 0 Å². The molecule has 0 saturated heterocycles. The predicted octanol–water partition coefficient (Wildman–Crippen LogP) is 5.97. The highest BCUT2D eigenvalue weighted by atomic mass is 79.9. The minimum Gasteiger partial charge on any atom is -0.332 e. The fourth-order valence-electron chi connectivity index (χ4n) is 1.77. The lowest BCUT2D eigenvalue weighted by atomic mass is 10.2. The first-order chi connectivity index (χ1) is 9.70. The van der Waals surface area contributed by atoms with Gasteiger partial charge in [-0.25, -0.2) is 4.98 Å². The molecule has 0 fully saturated rings. The fourth-order valence-corrected chi connectivity index (χ4v) is 2.96. The van der Waals surface area contributed by atoms with Crippen LogP contribution in [0, 0.1) is 0 Å². The molecule has 3 aromatic rings. The molecule has 5 heteroatoms. The van der Waals surface area contributed by atoms with Gasteiger partial charge in [0.25, 0.3) is 0 Å². The van der Waals surface area contributed by atoms with Gasteiger partial charge < -0.3 is 5.32 Å². The molecule has 0 saturated carbocycles. The number of hydrogen-bond acceptors (Lipinski definition) is 3. The SMILES string of the molecule is Clc1cccc(-c2csc(Nc3ccc(Br)cc3)n2)c1. The van der Waals surface area contributed by atoms with Crippen LogP contribution in [-0.2, 0) is 0 Å². The molecule has 0 unspecified atom stereocenters. The summed E-state index contributed by atoms with van der Waals surface area (Å²) in [6.45, 7) is 0. The lowest BCUT2D eigenvalue weighted by Crippen LogP contribution is -1.89. The van der Waals surface area contributed by atoms with Crippen molar-refractivity contribution in [1.82, 2.24) is 4.98 Å². The van der Waals surface area contributed by atoms with Crippen molar-refractivity contribution in [3.05, 3.63) is 63.4 Å².